The molecule has 4 heteroatoms. The zero-order chi connectivity index (χ0) is 15.6. The zero-order valence-corrected chi connectivity index (χ0v) is 13.1. The second-order valence-electron chi connectivity index (χ2n) is 4.89. The molecule has 0 bridgehead atoms. The van der Waals surface area contributed by atoms with Crippen LogP contribution in [0.2, 0.25) is 5.02 Å². The van der Waals surface area contributed by atoms with Crippen molar-refractivity contribution in [3.8, 4) is 5.75 Å². The maximum Gasteiger partial charge on any atom is 0.197 e. The summed E-state index contributed by atoms with van der Waals surface area (Å²) in [7, 11) is 0. The van der Waals surface area contributed by atoms with Crippen LogP contribution in [0.1, 0.15) is 34.0 Å². The van der Waals surface area contributed by atoms with Gasteiger partial charge in [0.25, 0.3) is 0 Å². The van der Waals surface area contributed by atoms with Gasteiger partial charge in [0.1, 0.15) is 5.75 Å². The van der Waals surface area contributed by atoms with Crippen molar-refractivity contribution in [3.63, 3.8) is 0 Å². The molecule has 0 unspecified atom stereocenters. The molecular weight excluding hydrogens is 286 g/mol. The maximum absolute atomic E-state index is 12.8. The molecule has 0 radical (unpaired) electrons. The number of halogens is 1. The lowest BCUT2D eigenvalue weighted by atomic mass is 9.96. The van der Waals surface area contributed by atoms with Gasteiger partial charge in [0, 0.05) is 16.3 Å². The van der Waals surface area contributed by atoms with E-state index in [1.165, 1.54) is 0 Å². The van der Waals surface area contributed by atoms with E-state index in [1.54, 1.807) is 30.3 Å². The zero-order valence-electron chi connectivity index (χ0n) is 12.4. The first-order chi connectivity index (χ1) is 9.95. The Morgan fingerprint density at radius 2 is 2.00 bits per heavy atom. The number of ether oxygens (including phenoxy) is 1. The third kappa shape index (κ3) is 3.03. The van der Waals surface area contributed by atoms with Crippen LogP contribution in [0, 0.1) is 13.8 Å². The molecule has 0 spiro atoms. The van der Waals surface area contributed by atoms with Gasteiger partial charge in [-0.2, -0.15) is 0 Å². The summed E-state index contributed by atoms with van der Waals surface area (Å²) in [4.78, 5) is 12.8. The minimum absolute atomic E-state index is 0.134. The Morgan fingerprint density at radius 1 is 1.29 bits per heavy atom. The van der Waals surface area contributed by atoms with E-state index in [0.717, 1.165) is 11.1 Å². The molecule has 2 rings (SSSR count). The maximum atomic E-state index is 12.8. The van der Waals surface area contributed by atoms with E-state index in [2.05, 4.69) is 0 Å². The molecule has 2 aromatic carbocycles. The molecule has 3 nitrogen and oxygen atoms in total. The number of rotatable bonds is 4. The minimum atomic E-state index is -0.134. The van der Waals surface area contributed by atoms with Crippen LogP contribution < -0.4 is 10.5 Å². The molecule has 110 valence electrons. The Bertz CT molecular complexity index is 695. The molecule has 0 aliphatic rings. The van der Waals surface area contributed by atoms with Gasteiger partial charge in [0.15, 0.2) is 5.78 Å². The third-order valence-corrected chi connectivity index (χ3v) is 3.90. The lowest BCUT2D eigenvalue weighted by molar-refractivity contribution is 0.103. The summed E-state index contributed by atoms with van der Waals surface area (Å²) in [6, 6.07) is 8.70. The number of nitrogens with two attached hydrogens (primary N) is 1. The highest BCUT2D eigenvalue weighted by Gasteiger charge is 2.21. The molecule has 21 heavy (non-hydrogen) atoms. The summed E-state index contributed by atoms with van der Waals surface area (Å²) in [6.45, 7) is 6.09. The molecule has 0 saturated carbocycles. The average Bonchev–Trinajstić information content (AvgIpc) is 2.45. The fraction of sp³-hybridized carbons (Fsp3) is 0.235. The predicted octanol–water partition coefficient (Wildman–Crippen LogP) is 4.17. The normalized spacial score (nSPS) is 10.5. The van der Waals surface area contributed by atoms with Gasteiger partial charge < -0.3 is 10.5 Å². The first-order valence-corrected chi connectivity index (χ1v) is 7.16. The van der Waals surface area contributed by atoms with Crippen LogP contribution in [-0.2, 0) is 0 Å². The molecule has 0 aliphatic heterocycles. The number of carbonyl (C=O) groups excluding carboxylic acids is 1. The first-order valence-electron chi connectivity index (χ1n) is 6.78. The average molecular weight is 304 g/mol. The summed E-state index contributed by atoms with van der Waals surface area (Å²) in [5, 5.41) is 0.589. The minimum Gasteiger partial charge on any atom is -0.493 e. The van der Waals surface area contributed by atoms with E-state index in [9.17, 15) is 4.79 Å². The molecule has 0 amide bonds. The Kier molecular flexibility index (Phi) is 4.53. The van der Waals surface area contributed by atoms with Crippen LogP contribution in [0.5, 0.6) is 5.75 Å². The molecule has 2 N–H and O–H groups in total. The fourth-order valence-corrected chi connectivity index (χ4v) is 2.45. The number of hydrogen-bond acceptors (Lipinski definition) is 3. The van der Waals surface area contributed by atoms with E-state index in [4.69, 9.17) is 22.1 Å². The molecular formula is C17H18ClNO2. The van der Waals surface area contributed by atoms with Crippen molar-refractivity contribution in [2.24, 2.45) is 0 Å². The van der Waals surface area contributed by atoms with Crippen molar-refractivity contribution in [1.82, 2.24) is 0 Å². The van der Waals surface area contributed by atoms with Gasteiger partial charge in [0.2, 0.25) is 0 Å². The van der Waals surface area contributed by atoms with Gasteiger partial charge in [-0.3, -0.25) is 4.79 Å². The van der Waals surface area contributed by atoms with Crippen LogP contribution in [0.25, 0.3) is 0 Å². The van der Waals surface area contributed by atoms with E-state index in [1.807, 2.05) is 20.8 Å². The molecule has 0 saturated heterocycles. The SMILES string of the molecule is CCOc1cc(C)c(Cl)c(C)c1C(=O)c1cccc(N)c1. The van der Waals surface area contributed by atoms with Crippen molar-refractivity contribution in [3.05, 3.63) is 57.6 Å². The number of anilines is 1. The van der Waals surface area contributed by atoms with E-state index in [-0.39, 0.29) is 5.78 Å². The molecule has 2 aromatic rings. The summed E-state index contributed by atoms with van der Waals surface area (Å²) >= 11 is 6.29. The van der Waals surface area contributed by atoms with Gasteiger partial charge in [-0.15, -0.1) is 0 Å². The summed E-state index contributed by atoms with van der Waals surface area (Å²) in [5.41, 5.74) is 8.95. The smallest absolute Gasteiger partial charge is 0.197 e. The monoisotopic (exact) mass is 303 g/mol. The van der Waals surface area contributed by atoms with Gasteiger partial charge in [-0.25, -0.2) is 0 Å². The second-order valence-corrected chi connectivity index (χ2v) is 5.27. The van der Waals surface area contributed by atoms with Crippen LogP contribution in [-0.4, -0.2) is 12.4 Å². The van der Waals surface area contributed by atoms with E-state index >= 15 is 0 Å². The van der Waals surface area contributed by atoms with Crippen molar-refractivity contribution >= 4 is 23.1 Å². The summed E-state index contributed by atoms with van der Waals surface area (Å²) in [6.07, 6.45) is 0. The van der Waals surface area contributed by atoms with Crippen molar-refractivity contribution in [2.45, 2.75) is 20.8 Å². The highest BCUT2D eigenvalue weighted by atomic mass is 35.5. The fourth-order valence-electron chi connectivity index (χ4n) is 2.30. The van der Waals surface area contributed by atoms with Crippen molar-refractivity contribution in [2.75, 3.05) is 12.3 Å². The molecule has 0 heterocycles. The van der Waals surface area contributed by atoms with Gasteiger partial charge in [-0.1, -0.05) is 23.7 Å². The highest BCUT2D eigenvalue weighted by Crippen LogP contribution is 2.33. The molecule has 0 fully saturated rings. The molecule has 0 aliphatic carbocycles. The number of aryl methyl sites for hydroxylation is 1. The standard InChI is InChI=1S/C17H18ClNO2/c1-4-21-14-8-10(2)16(18)11(3)15(14)17(20)12-6-5-7-13(19)9-12/h5-9H,4,19H2,1-3H3. The number of benzene rings is 2. The number of hydrogen-bond donors (Lipinski definition) is 1. The first kappa shape index (κ1) is 15.4. The number of nitrogen functional groups attached to an aromatic ring is 1. The Hall–Kier alpha value is -2.00. The number of ketones is 1. The van der Waals surface area contributed by atoms with E-state index in [0.29, 0.717) is 34.2 Å². The Labute approximate surface area is 129 Å². The third-order valence-electron chi connectivity index (χ3n) is 3.32. The Morgan fingerprint density at radius 3 is 2.62 bits per heavy atom. The lowest BCUT2D eigenvalue weighted by Gasteiger charge is -2.15. The van der Waals surface area contributed by atoms with Crippen LogP contribution in [0.4, 0.5) is 5.69 Å². The lowest BCUT2D eigenvalue weighted by Crippen LogP contribution is -2.09. The quantitative estimate of drug-likeness (QED) is 0.681. The van der Waals surface area contributed by atoms with Crippen molar-refractivity contribution < 1.29 is 9.53 Å². The van der Waals surface area contributed by atoms with Crippen LogP contribution in [0.15, 0.2) is 30.3 Å². The van der Waals surface area contributed by atoms with Crippen molar-refractivity contribution in [1.29, 1.82) is 0 Å². The molecule has 0 aromatic heterocycles. The van der Waals surface area contributed by atoms with Gasteiger partial charge in [-0.05, 0) is 50.1 Å². The second kappa shape index (κ2) is 6.19. The largest absolute Gasteiger partial charge is 0.493 e. The predicted molar refractivity (Wildman–Crippen MR) is 86.4 cm³/mol. The molecule has 0 atom stereocenters. The summed E-state index contributed by atoms with van der Waals surface area (Å²) in [5.74, 6) is 0.425. The van der Waals surface area contributed by atoms with Gasteiger partial charge in [0.05, 0.1) is 12.2 Å². The Balaban J connectivity index is 2.61. The van der Waals surface area contributed by atoms with Crippen LogP contribution in [0.3, 0.4) is 0 Å². The summed E-state index contributed by atoms with van der Waals surface area (Å²) < 4.78 is 5.62. The topological polar surface area (TPSA) is 52.3 Å². The highest BCUT2D eigenvalue weighted by molar-refractivity contribution is 6.33. The van der Waals surface area contributed by atoms with Crippen LogP contribution >= 0.6 is 11.6 Å². The number of carbonyl (C=O) groups is 1. The van der Waals surface area contributed by atoms with Gasteiger partial charge >= 0.3 is 0 Å². The van der Waals surface area contributed by atoms with E-state index < -0.39 is 0 Å².